The molecule has 0 unspecified atom stereocenters. The van der Waals surface area contributed by atoms with Gasteiger partial charge in [0.2, 0.25) is 0 Å². The Morgan fingerprint density at radius 3 is 3.06 bits per heavy atom. The standard InChI is InChI=1S/C10H16N4O.ClH/c1-7(2)13-10(15)14-4-3-8-9(5-14)12-6-11-8;/h6-7H,3-5H2,1-2H3,(H,11,12)(H,13,15);1H. The smallest absolute Gasteiger partial charge is 0.317 e. The lowest BCUT2D eigenvalue weighted by Gasteiger charge is -2.27. The topological polar surface area (TPSA) is 61.0 Å². The van der Waals surface area contributed by atoms with Crippen LogP contribution in [0.2, 0.25) is 0 Å². The van der Waals surface area contributed by atoms with E-state index < -0.39 is 0 Å². The predicted octanol–water partition coefficient (Wildman–Crippen LogP) is 1.31. The number of carbonyl (C=O) groups is 1. The quantitative estimate of drug-likeness (QED) is 0.783. The highest BCUT2D eigenvalue weighted by Crippen LogP contribution is 2.14. The lowest BCUT2D eigenvalue weighted by molar-refractivity contribution is 0.189. The number of fused-ring (bicyclic) bond motifs is 1. The van der Waals surface area contributed by atoms with Crippen LogP contribution < -0.4 is 5.32 Å². The maximum Gasteiger partial charge on any atom is 0.317 e. The van der Waals surface area contributed by atoms with Gasteiger partial charge in [-0.25, -0.2) is 9.78 Å². The van der Waals surface area contributed by atoms with Crippen molar-refractivity contribution in [2.45, 2.75) is 32.9 Å². The Labute approximate surface area is 101 Å². The van der Waals surface area contributed by atoms with E-state index in [9.17, 15) is 4.79 Å². The second-order valence-electron chi connectivity index (χ2n) is 4.10. The third-order valence-corrected chi connectivity index (χ3v) is 2.48. The fraction of sp³-hybridized carbons (Fsp3) is 0.600. The Hall–Kier alpha value is -1.23. The molecule has 1 aromatic rings. The largest absolute Gasteiger partial charge is 0.348 e. The highest BCUT2D eigenvalue weighted by molar-refractivity contribution is 5.85. The summed E-state index contributed by atoms with van der Waals surface area (Å²) in [5.41, 5.74) is 2.14. The monoisotopic (exact) mass is 244 g/mol. The SMILES string of the molecule is CC(C)NC(=O)N1CCc2[nH]cnc2C1.Cl. The molecular formula is C10H17ClN4O. The molecule has 16 heavy (non-hydrogen) atoms. The molecule has 1 aliphatic rings. The molecular weight excluding hydrogens is 228 g/mol. The second-order valence-corrected chi connectivity index (χ2v) is 4.10. The average molecular weight is 245 g/mol. The van der Waals surface area contributed by atoms with Gasteiger partial charge in [0.25, 0.3) is 0 Å². The highest BCUT2D eigenvalue weighted by Gasteiger charge is 2.22. The lowest BCUT2D eigenvalue weighted by atomic mass is 10.1. The van der Waals surface area contributed by atoms with Crippen molar-refractivity contribution in [3.05, 3.63) is 17.7 Å². The molecule has 2 heterocycles. The van der Waals surface area contributed by atoms with Crippen LogP contribution in [0, 0.1) is 0 Å². The van der Waals surface area contributed by atoms with Gasteiger partial charge in [-0.1, -0.05) is 0 Å². The number of carbonyl (C=O) groups excluding carboxylic acids is 1. The van der Waals surface area contributed by atoms with E-state index in [0.29, 0.717) is 6.54 Å². The van der Waals surface area contributed by atoms with E-state index >= 15 is 0 Å². The molecule has 1 aromatic heterocycles. The van der Waals surface area contributed by atoms with Crippen molar-refractivity contribution in [2.24, 2.45) is 0 Å². The van der Waals surface area contributed by atoms with E-state index in [1.54, 1.807) is 11.2 Å². The van der Waals surface area contributed by atoms with Crippen molar-refractivity contribution in [2.75, 3.05) is 6.54 Å². The number of rotatable bonds is 1. The summed E-state index contributed by atoms with van der Waals surface area (Å²) in [5.74, 6) is 0. The third kappa shape index (κ3) is 2.66. The first-order valence-corrected chi connectivity index (χ1v) is 5.23. The molecule has 0 spiro atoms. The van der Waals surface area contributed by atoms with Gasteiger partial charge in [-0.05, 0) is 13.8 Å². The van der Waals surface area contributed by atoms with E-state index in [1.807, 2.05) is 13.8 Å². The Kier molecular flexibility index (Phi) is 4.18. The van der Waals surface area contributed by atoms with Gasteiger partial charge in [0.1, 0.15) is 0 Å². The van der Waals surface area contributed by atoms with Gasteiger partial charge in [0.05, 0.1) is 18.6 Å². The summed E-state index contributed by atoms with van der Waals surface area (Å²) >= 11 is 0. The first-order chi connectivity index (χ1) is 7.16. The van der Waals surface area contributed by atoms with Crippen LogP contribution in [-0.4, -0.2) is 33.5 Å². The third-order valence-electron chi connectivity index (χ3n) is 2.48. The fourth-order valence-corrected chi connectivity index (χ4v) is 1.72. The summed E-state index contributed by atoms with van der Waals surface area (Å²) in [6.45, 7) is 5.29. The minimum Gasteiger partial charge on any atom is -0.348 e. The molecule has 0 aromatic carbocycles. The lowest BCUT2D eigenvalue weighted by Crippen LogP contribution is -2.45. The normalized spacial score (nSPS) is 14.3. The van der Waals surface area contributed by atoms with Gasteiger partial charge < -0.3 is 15.2 Å². The van der Waals surface area contributed by atoms with E-state index in [1.165, 1.54) is 0 Å². The summed E-state index contributed by atoms with van der Waals surface area (Å²) in [4.78, 5) is 20.8. The van der Waals surface area contributed by atoms with E-state index in [-0.39, 0.29) is 24.5 Å². The number of amides is 2. The molecule has 0 saturated carbocycles. The zero-order valence-corrected chi connectivity index (χ0v) is 10.3. The van der Waals surface area contributed by atoms with Gasteiger partial charge in [0.15, 0.2) is 0 Å². The molecule has 0 radical (unpaired) electrons. The summed E-state index contributed by atoms with van der Waals surface area (Å²) in [7, 11) is 0. The number of nitrogens with one attached hydrogen (secondary N) is 2. The van der Waals surface area contributed by atoms with Crippen LogP contribution >= 0.6 is 12.4 Å². The van der Waals surface area contributed by atoms with Gasteiger partial charge in [0, 0.05) is 24.7 Å². The molecule has 2 N–H and O–H groups in total. The van der Waals surface area contributed by atoms with Crippen LogP contribution in [0.1, 0.15) is 25.2 Å². The number of hydrogen-bond acceptors (Lipinski definition) is 2. The molecule has 90 valence electrons. The summed E-state index contributed by atoms with van der Waals surface area (Å²) in [5, 5.41) is 2.88. The van der Waals surface area contributed by atoms with Crippen molar-refractivity contribution < 1.29 is 4.79 Å². The van der Waals surface area contributed by atoms with Gasteiger partial charge in [-0.2, -0.15) is 0 Å². The first-order valence-electron chi connectivity index (χ1n) is 5.23. The number of aromatic amines is 1. The number of H-pyrrole nitrogens is 1. The van der Waals surface area contributed by atoms with Crippen LogP contribution in [0.5, 0.6) is 0 Å². The zero-order valence-electron chi connectivity index (χ0n) is 9.49. The molecule has 0 bridgehead atoms. The molecule has 6 heteroatoms. The predicted molar refractivity (Wildman–Crippen MR) is 63.6 cm³/mol. The Morgan fingerprint density at radius 1 is 1.62 bits per heavy atom. The molecule has 0 atom stereocenters. The summed E-state index contributed by atoms with van der Waals surface area (Å²) in [6.07, 6.45) is 2.55. The van der Waals surface area contributed by atoms with Crippen LogP contribution in [0.4, 0.5) is 4.79 Å². The van der Waals surface area contributed by atoms with E-state index in [0.717, 1.165) is 24.4 Å². The minimum atomic E-state index is -0.00125. The molecule has 0 aliphatic carbocycles. The average Bonchev–Trinajstić information content (AvgIpc) is 2.62. The number of halogens is 1. The first kappa shape index (κ1) is 12.8. The van der Waals surface area contributed by atoms with E-state index in [2.05, 4.69) is 15.3 Å². The van der Waals surface area contributed by atoms with Gasteiger partial charge >= 0.3 is 6.03 Å². The molecule has 0 fully saturated rings. The highest BCUT2D eigenvalue weighted by atomic mass is 35.5. The molecule has 0 saturated heterocycles. The number of nitrogens with zero attached hydrogens (tertiary/aromatic N) is 2. The van der Waals surface area contributed by atoms with Crippen molar-refractivity contribution in [3.63, 3.8) is 0 Å². The van der Waals surface area contributed by atoms with Crippen molar-refractivity contribution in [1.29, 1.82) is 0 Å². The Morgan fingerprint density at radius 2 is 2.38 bits per heavy atom. The summed E-state index contributed by atoms with van der Waals surface area (Å²) in [6, 6.07) is 0.178. The molecule has 2 amide bonds. The van der Waals surface area contributed by atoms with Crippen LogP contribution in [0.15, 0.2) is 6.33 Å². The van der Waals surface area contributed by atoms with Crippen molar-refractivity contribution in [1.82, 2.24) is 20.2 Å². The van der Waals surface area contributed by atoms with Crippen LogP contribution in [-0.2, 0) is 13.0 Å². The number of hydrogen-bond donors (Lipinski definition) is 2. The van der Waals surface area contributed by atoms with Gasteiger partial charge in [-0.3, -0.25) is 0 Å². The van der Waals surface area contributed by atoms with Crippen molar-refractivity contribution in [3.8, 4) is 0 Å². The van der Waals surface area contributed by atoms with Gasteiger partial charge in [-0.15, -0.1) is 12.4 Å². The molecule has 2 rings (SSSR count). The number of aromatic nitrogens is 2. The van der Waals surface area contributed by atoms with Crippen LogP contribution in [0.3, 0.4) is 0 Å². The maximum atomic E-state index is 11.7. The second kappa shape index (κ2) is 5.21. The molecule has 1 aliphatic heterocycles. The number of imidazole rings is 1. The zero-order chi connectivity index (χ0) is 10.8. The maximum absolute atomic E-state index is 11.7. The molecule has 5 nitrogen and oxygen atoms in total. The Balaban J connectivity index is 0.00000128. The van der Waals surface area contributed by atoms with E-state index in [4.69, 9.17) is 0 Å². The number of urea groups is 1. The van der Waals surface area contributed by atoms with Crippen LogP contribution in [0.25, 0.3) is 0 Å². The fourth-order valence-electron chi connectivity index (χ4n) is 1.72. The Bertz CT molecular complexity index is 363. The minimum absolute atomic E-state index is 0. The van der Waals surface area contributed by atoms with Crippen molar-refractivity contribution >= 4 is 18.4 Å². The summed E-state index contributed by atoms with van der Waals surface area (Å²) < 4.78 is 0.